The van der Waals surface area contributed by atoms with E-state index in [1.54, 1.807) is 0 Å². The highest BCUT2D eigenvalue weighted by Crippen LogP contribution is 2.31. The SMILES string of the molecule is FC(F)(Cl)Oc1ccc(C(F)(F)F)cc1. The van der Waals surface area contributed by atoms with Gasteiger partial charge in [-0.05, 0) is 24.3 Å². The first-order chi connectivity index (χ1) is 6.68. The minimum atomic E-state index is -4.51. The van der Waals surface area contributed by atoms with Crippen molar-refractivity contribution in [2.24, 2.45) is 0 Å². The van der Waals surface area contributed by atoms with E-state index in [1.165, 1.54) is 0 Å². The van der Waals surface area contributed by atoms with Gasteiger partial charge in [0.2, 0.25) is 0 Å². The summed E-state index contributed by atoms with van der Waals surface area (Å²) >= 11 is 4.42. The highest BCUT2D eigenvalue weighted by molar-refractivity contribution is 6.20. The summed E-state index contributed by atoms with van der Waals surface area (Å²) in [5.74, 6) is -0.442. The van der Waals surface area contributed by atoms with Crippen molar-refractivity contribution in [3.05, 3.63) is 29.8 Å². The lowest BCUT2D eigenvalue weighted by Gasteiger charge is -2.11. The highest BCUT2D eigenvalue weighted by Gasteiger charge is 2.31. The van der Waals surface area contributed by atoms with Gasteiger partial charge in [0.05, 0.1) is 5.56 Å². The van der Waals surface area contributed by atoms with Crippen LogP contribution >= 0.6 is 11.6 Å². The molecule has 0 aliphatic rings. The third kappa shape index (κ3) is 3.91. The molecule has 84 valence electrons. The van der Waals surface area contributed by atoms with Crippen LogP contribution in [0.5, 0.6) is 5.75 Å². The Hall–Kier alpha value is -1.04. The molecule has 0 heterocycles. The molecule has 0 bridgehead atoms. The van der Waals surface area contributed by atoms with E-state index in [4.69, 9.17) is 0 Å². The normalized spacial score (nSPS) is 12.7. The molecular formula is C8H4ClF5O. The summed E-state index contributed by atoms with van der Waals surface area (Å²) in [5.41, 5.74) is -4.88. The Balaban J connectivity index is 2.82. The first kappa shape index (κ1) is 12.0. The van der Waals surface area contributed by atoms with E-state index >= 15 is 0 Å². The molecule has 0 aliphatic heterocycles. The van der Waals surface area contributed by atoms with E-state index in [2.05, 4.69) is 16.3 Å². The lowest BCUT2D eigenvalue weighted by molar-refractivity contribution is -0.137. The maximum Gasteiger partial charge on any atom is 0.487 e. The highest BCUT2D eigenvalue weighted by atomic mass is 35.5. The van der Waals surface area contributed by atoms with Crippen molar-refractivity contribution >= 4 is 11.6 Å². The van der Waals surface area contributed by atoms with Gasteiger partial charge in [0.1, 0.15) is 5.75 Å². The number of ether oxygens (including phenoxy) is 1. The zero-order valence-electron chi connectivity index (χ0n) is 6.99. The van der Waals surface area contributed by atoms with Crippen molar-refractivity contribution in [1.82, 2.24) is 0 Å². The van der Waals surface area contributed by atoms with Crippen LogP contribution in [0.4, 0.5) is 22.0 Å². The zero-order valence-corrected chi connectivity index (χ0v) is 7.74. The Labute approximate surface area is 86.4 Å². The van der Waals surface area contributed by atoms with Crippen molar-refractivity contribution < 1.29 is 26.7 Å². The van der Waals surface area contributed by atoms with Crippen molar-refractivity contribution in [2.45, 2.75) is 11.7 Å². The number of hydrogen-bond donors (Lipinski definition) is 0. The van der Waals surface area contributed by atoms with Gasteiger partial charge in [-0.3, -0.25) is 0 Å². The second-order valence-electron chi connectivity index (χ2n) is 2.57. The molecule has 0 fully saturated rings. The summed E-state index contributed by atoms with van der Waals surface area (Å²) in [5, 5.41) is 0. The molecule has 1 aromatic rings. The van der Waals surface area contributed by atoms with Crippen LogP contribution in [-0.4, -0.2) is 5.57 Å². The monoisotopic (exact) mass is 246 g/mol. The van der Waals surface area contributed by atoms with Crippen molar-refractivity contribution in [3.8, 4) is 5.75 Å². The standard InChI is InChI=1S/C8H4ClF5O/c9-8(13,14)15-6-3-1-5(2-4-6)7(10,11)12/h1-4H. The zero-order chi connectivity index (χ0) is 11.7. The third-order valence-electron chi connectivity index (χ3n) is 1.42. The molecule has 0 spiro atoms. The van der Waals surface area contributed by atoms with Gasteiger partial charge in [0, 0.05) is 11.6 Å². The molecule has 0 saturated carbocycles. The van der Waals surface area contributed by atoms with Gasteiger partial charge in [0.15, 0.2) is 0 Å². The molecule has 0 radical (unpaired) electrons. The third-order valence-corrected chi connectivity index (χ3v) is 1.49. The fraction of sp³-hybridized carbons (Fsp3) is 0.250. The molecule has 0 aliphatic carbocycles. The summed E-state index contributed by atoms with van der Waals surface area (Å²) < 4.78 is 64.1. The Kier molecular flexibility index (Phi) is 3.08. The average Bonchev–Trinajstić information content (AvgIpc) is 2.00. The lowest BCUT2D eigenvalue weighted by Crippen LogP contribution is -2.15. The summed E-state index contributed by atoms with van der Waals surface area (Å²) in [6.07, 6.45) is -4.51. The maximum absolute atomic E-state index is 12.1. The second kappa shape index (κ2) is 3.84. The smallest absolute Gasteiger partial charge is 0.420 e. The molecule has 15 heavy (non-hydrogen) atoms. The number of hydrogen-bond acceptors (Lipinski definition) is 1. The molecular weight excluding hydrogens is 243 g/mol. The quantitative estimate of drug-likeness (QED) is 0.568. The molecule has 1 nitrogen and oxygen atoms in total. The van der Waals surface area contributed by atoms with Crippen LogP contribution in [0.2, 0.25) is 0 Å². The van der Waals surface area contributed by atoms with Crippen molar-refractivity contribution in [2.75, 3.05) is 0 Å². The van der Waals surface area contributed by atoms with Gasteiger partial charge < -0.3 is 4.74 Å². The summed E-state index contributed by atoms with van der Waals surface area (Å²) in [7, 11) is 0. The molecule has 0 aromatic heterocycles. The number of benzene rings is 1. The number of alkyl halides is 6. The minimum absolute atomic E-state index is 0.442. The van der Waals surface area contributed by atoms with E-state index in [9.17, 15) is 22.0 Å². The van der Waals surface area contributed by atoms with Crippen LogP contribution in [0.1, 0.15) is 5.56 Å². The molecule has 0 unspecified atom stereocenters. The minimum Gasteiger partial charge on any atom is -0.420 e. The lowest BCUT2D eigenvalue weighted by atomic mass is 10.2. The van der Waals surface area contributed by atoms with Crippen LogP contribution in [0.25, 0.3) is 0 Å². The van der Waals surface area contributed by atoms with Crippen molar-refractivity contribution in [1.29, 1.82) is 0 Å². The van der Waals surface area contributed by atoms with Gasteiger partial charge >= 0.3 is 11.7 Å². The Morgan fingerprint density at radius 1 is 0.933 bits per heavy atom. The van der Waals surface area contributed by atoms with Gasteiger partial charge in [0.25, 0.3) is 0 Å². The van der Waals surface area contributed by atoms with Gasteiger partial charge in [-0.2, -0.15) is 13.2 Å². The Bertz CT molecular complexity index is 326. The number of rotatable bonds is 2. The van der Waals surface area contributed by atoms with Gasteiger partial charge in [-0.15, -0.1) is 8.78 Å². The summed E-state index contributed by atoms with van der Waals surface area (Å²) in [4.78, 5) is 0. The van der Waals surface area contributed by atoms with Crippen molar-refractivity contribution in [3.63, 3.8) is 0 Å². The molecule has 1 aromatic carbocycles. The van der Waals surface area contributed by atoms with E-state index < -0.39 is 23.1 Å². The number of halogens is 6. The van der Waals surface area contributed by atoms with Crippen LogP contribution in [0, 0.1) is 0 Å². The first-order valence-electron chi connectivity index (χ1n) is 3.61. The summed E-state index contributed by atoms with van der Waals surface area (Å²) in [6, 6.07) is 2.77. The molecule has 0 saturated heterocycles. The molecule has 7 heteroatoms. The first-order valence-corrected chi connectivity index (χ1v) is 3.99. The van der Waals surface area contributed by atoms with E-state index in [1.807, 2.05) is 0 Å². The topological polar surface area (TPSA) is 9.23 Å². The molecule has 0 N–H and O–H groups in total. The van der Waals surface area contributed by atoms with Crippen LogP contribution in [0.3, 0.4) is 0 Å². The average molecular weight is 247 g/mol. The van der Waals surface area contributed by atoms with E-state index in [-0.39, 0.29) is 0 Å². The second-order valence-corrected chi connectivity index (χ2v) is 3.01. The van der Waals surface area contributed by atoms with E-state index in [0.717, 1.165) is 12.1 Å². The van der Waals surface area contributed by atoms with E-state index in [0.29, 0.717) is 12.1 Å². The predicted octanol–water partition coefficient (Wildman–Crippen LogP) is 3.87. The van der Waals surface area contributed by atoms with Gasteiger partial charge in [-0.1, -0.05) is 0 Å². The summed E-state index contributed by atoms with van der Waals surface area (Å²) in [6.45, 7) is 0. The maximum atomic E-state index is 12.1. The molecule has 0 amide bonds. The van der Waals surface area contributed by atoms with Crippen LogP contribution < -0.4 is 4.74 Å². The Morgan fingerprint density at radius 2 is 1.40 bits per heavy atom. The Morgan fingerprint density at radius 3 is 1.73 bits per heavy atom. The van der Waals surface area contributed by atoms with Gasteiger partial charge in [-0.25, -0.2) is 0 Å². The largest absolute Gasteiger partial charge is 0.487 e. The molecule has 1 rings (SSSR count). The van der Waals surface area contributed by atoms with Crippen LogP contribution in [-0.2, 0) is 6.18 Å². The fourth-order valence-electron chi connectivity index (χ4n) is 0.846. The molecule has 0 atom stereocenters. The predicted molar refractivity (Wildman–Crippen MR) is 42.9 cm³/mol. The van der Waals surface area contributed by atoms with Crippen LogP contribution in [0.15, 0.2) is 24.3 Å². The fourth-order valence-corrected chi connectivity index (χ4v) is 0.935.